The van der Waals surface area contributed by atoms with Gasteiger partial charge in [0.15, 0.2) is 0 Å². The van der Waals surface area contributed by atoms with E-state index in [9.17, 15) is 0 Å². The third-order valence-electron chi connectivity index (χ3n) is 2.21. The van der Waals surface area contributed by atoms with Crippen molar-refractivity contribution in [3.05, 3.63) is 18.1 Å². The molecule has 1 aromatic rings. The average Bonchev–Trinajstić information content (AvgIpc) is 2.26. The Labute approximate surface area is 96.5 Å². The van der Waals surface area contributed by atoms with E-state index in [1.54, 1.807) is 12.4 Å². The van der Waals surface area contributed by atoms with E-state index in [0.717, 1.165) is 24.5 Å². The number of anilines is 1. The molecule has 4 heteroatoms. The normalized spacial score (nSPS) is 10.7. The summed E-state index contributed by atoms with van der Waals surface area (Å²) >= 11 is 5.67. The van der Waals surface area contributed by atoms with Crippen molar-refractivity contribution >= 4 is 17.4 Å². The monoisotopic (exact) mass is 227 g/mol. The van der Waals surface area contributed by atoms with Crippen molar-refractivity contribution in [2.75, 3.05) is 11.4 Å². The summed E-state index contributed by atoms with van der Waals surface area (Å²) in [5, 5.41) is 0. The number of rotatable bonds is 5. The first-order valence-corrected chi connectivity index (χ1v) is 5.86. The van der Waals surface area contributed by atoms with Crippen LogP contribution in [0.4, 0.5) is 5.82 Å². The standard InChI is InChI=1S/C11H18ClN3/c1-4-5-15(9(2)3)11-8-13-10(6-12)7-14-11/h7-9H,4-6H2,1-3H3. The molecule has 0 aliphatic heterocycles. The number of hydrogen-bond acceptors (Lipinski definition) is 3. The van der Waals surface area contributed by atoms with E-state index >= 15 is 0 Å². The molecular weight excluding hydrogens is 210 g/mol. The Morgan fingerprint density at radius 3 is 2.47 bits per heavy atom. The molecule has 0 unspecified atom stereocenters. The van der Waals surface area contributed by atoms with Crippen LogP contribution in [0.3, 0.4) is 0 Å². The van der Waals surface area contributed by atoms with Gasteiger partial charge in [0.1, 0.15) is 5.82 Å². The molecule has 3 nitrogen and oxygen atoms in total. The minimum atomic E-state index is 0.419. The molecule has 0 saturated heterocycles. The van der Waals surface area contributed by atoms with Crippen molar-refractivity contribution in [1.82, 2.24) is 9.97 Å². The molecule has 0 atom stereocenters. The molecule has 0 aliphatic carbocycles. The van der Waals surface area contributed by atoms with Crippen molar-refractivity contribution in [1.29, 1.82) is 0 Å². The Kier molecular flexibility index (Phi) is 4.82. The summed E-state index contributed by atoms with van der Waals surface area (Å²) in [5.41, 5.74) is 0.820. The highest BCUT2D eigenvalue weighted by Crippen LogP contribution is 2.13. The van der Waals surface area contributed by atoms with Gasteiger partial charge in [0.2, 0.25) is 0 Å². The van der Waals surface area contributed by atoms with E-state index in [1.165, 1.54) is 0 Å². The van der Waals surface area contributed by atoms with Crippen LogP contribution in [0.1, 0.15) is 32.9 Å². The number of hydrogen-bond donors (Lipinski definition) is 0. The lowest BCUT2D eigenvalue weighted by atomic mass is 10.3. The lowest BCUT2D eigenvalue weighted by molar-refractivity contribution is 0.660. The van der Waals surface area contributed by atoms with Crippen LogP contribution >= 0.6 is 11.6 Å². The number of aromatic nitrogens is 2. The second kappa shape index (κ2) is 5.91. The first-order valence-electron chi connectivity index (χ1n) is 5.32. The van der Waals surface area contributed by atoms with Gasteiger partial charge in [0, 0.05) is 12.6 Å². The van der Waals surface area contributed by atoms with Crippen LogP contribution in [0.15, 0.2) is 12.4 Å². The first kappa shape index (κ1) is 12.2. The largest absolute Gasteiger partial charge is 0.353 e. The smallest absolute Gasteiger partial charge is 0.147 e. The van der Waals surface area contributed by atoms with E-state index in [4.69, 9.17) is 11.6 Å². The summed E-state index contributed by atoms with van der Waals surface area (Å²) in [5.74, 6) is 1.35. The van der Waals surface area contributed by atoms with Gasteiger partial charge in [-0.05, 0) is 20.3 Å². The number of alkyl halides is 1. The lowest BCUT2D eigenvalue weighted by Gasteiger charge is -2.26. The number of halogens is 1. The Morgan fingerprint density at radius 1 is 1.33 bits per heavy atom. The SMILES string of the molecule is CCCN(c1cnc(CCl)cn1)C(C)C. The van der Waals surface area contributed by atoms with Crippen LogP contribution in [0.2, 0.25) is 0 Å². The third kappa shape index (κ3) is 3.34. The highest BCUT2D eigenvalue weighted by molar-refractivity contribution is 6.16. The van der Waals surface area contributed by atoms with Gasteiger partial charge < -0.3 is 4.90 Å². The van der Waals surface area contributed by atoms with Gasteiger partial charge in [-0.1, -0.05) is 6.92 Å². The van der Waals surface area contributed by atoms with Gasteiger partial charge in [-0.3, -0.25) is 4.98 Å². The lowest BCUT2D eigenvalue weighted by Crippen LogP contribution is -2.32. The predicted molar refractivity (Wildman–Crippen MR) is 64.4 cm³/mol. The second-order valence-corrected chi connectivity index (χ2v) is 4.05. The quantitative estimate of drug-likeness (QED) is 0.725. The van der Waals surface area contributed by atoms with Gasteiger partial charge in [-0.15, -0.1) is 11.6 Å². The highest BCUT2D eigenvalue weighted by Gasteiger charge is 2.10. The van der Waals surface area contributed by atoms with E-state index < -0.39 is 0 Å². The first-order chi connectivity index (χ1) is 7.19. The molecule has 0 aromatic carbocycles. The van der Waals surface area contributed by atoms with Crippen molar-refractivity contribution in [3.8, 4) is 0 Å². The fraction of sp³-hybridized carbons (Fsp3) is 0.636. The maximum atomic E-state index is 5.67. The van der Waals surface area contributed by atoms with Gasteiger partial charge >= 0.3 is 0 Å². The van der Waals surface area contributed by atoms with Crippen LogP contribution in [0, 0.1) is 0 Å². The van der Waals surface area contributed by atoms with Gasteiger partial charge in [-0.2, -0.15) is 0 Å². The Hall–Kier alpha value is -0.830. The molecule has 1 aromatic heterocycles. The molecule has 15 heavy (non-hydrogen) atoms. The van der Waals surface area contributed by atoms with E-state index in [1.807, 2.05) is 0 Å². The van der Waals surface area contributed by atoms with Gasteiger partial charge in [0.05, 0.1) is 24.0 Å². The molecule has 0 saturated carbocycles. The van der Waals surface area contributed by atoms with Crippen LogP contribution in [-0.2, 0) is 5.88 Å². The summed E-state index contributed by atoms with van der Waals surface area (Å²) in [6.07, 6.45) is 4.65. The zero-order valence-electron chi connectivity index (χ0n) is 9.57. The molecule has 0 amide bonds. The van der Waals surface area contributed by atoms with Gasteiger partial charge in [-0.25, -0.2) is 4.98 Å². The fourth-order valence-electron chi connectivity index (χ4n) is 1.44. The molecule has 1 heterocycles. The number of nitrogens with zero attached hydrogens (tertiary/aromatic N) is 3. The molecule has 84 valence electrons. The van der Waals surface area contributed by atoms with Crippen molar-refractivity contribution in [3.63, 3.8) is 0 Å². The third-order valence-corrected chi connectivity index (χ3v) is 2.48. The molecule has 0 fully saturated rings. The molecule has 0 bridgehead atoms. The average molecular weight is 228 g/mol. The second-order valence-electron chi connectivity index (χ2n) is 3.79. The van der Waals surface area contributed by atoms with Crippen LogP contribution in [0.5, 0.6) is 0 Å². The summed E-state index contributed by atoms with van der Waals surface area (Å²) in [4.78, 5) is 10.9. The van der Waals surface area contributed by atoms with E-state index in [-0.39, 0.29) is 0 Å². The minimum Gasteiger partial charge on any atom is -0.353 e. The molecule has 0 aliphatic rings. The zero-order valence-corrected chi connectivity index (χ0v) is 10.3. The molecule has 0 N–H and O–H groups in total. The summed E-state index contributed by atoms with van der Waals surface area (Å²) in [6, 6.07) is 0.445. The topological polar surface area (TPSA) is 29.0 Å². The Morgan fingerprint density at radius 2 is 2.07 bits per heavy atom. The van der Waals surface area contributed by atoms with Gasteiger partial charge in [0.25, 0.3) is 0 Å². The van der Waals surface area contributed by atoms with Crippen molar-refractivity contribution < 1.29 is 0 Å². The maximum absolute atomic E-state index is 5.67. The van der Waals surface area contributed by atoms with Crippen LogP contribution in [-0.4, -0.2) is 22.6 Å². The Balaban J connectivity index is 2.81. The minimum absolute atomic E-state index is 0.419. The van der Waals surface area contributed by atoms with Crippen LogP contribution in [0.25, 0.3) is 0 Å². The molecular formula is C11H18ClN3. The summed E-state index contributed by atoms with van der Waals surface area (Å²) < 4.78 is 0. The molecule has 0 radical (unpaired) electrons. The Bertz CT molecular complexity index is 284. The van der Waals surface area contributed by atoms with E-state index in [2.05, 4.69) is 35.6 Å². The summed E-state index contributed by atoms with van der Waals surface area (Å²) in [6.45, 7) is 7.49. The van der Waals surface area contributed by atoms with Crippen molar-refractivity contribution in [2.45, 2.75) is 39.1 Å². The fourth-order valence-corrected chi connectivity index (χ4v) is 1.58. The maximum Gasteiger partial charge on any atom is 0.147 e. The van der Waals surface area contributed by atoms with Crippen LogP contribution < -0.4 is 4.90 Å². The molecule has 1 rings (SSSR count). The summed E-state index contributed by atoms with van der Waals surface area (Å²) in [7, 11) is 0. The highest BCUT2D eigenvalue weighted by atomic mass is 35.5. The predicted octanol–water partition coefficient (Wildman–Crippen LogP) is 2.84. The van der Waals surface area contributed by atoms with Crippen molar-refractivity contribution in [2.24, 2.45) is 0 Å². The zero-order chi connectivity index (χ0) is 11.3. The van der Waals surface area contributed by atoms with E-state index in [0.29, 0.717) is 11.9 Å². The molecule has 0 spiro atoms.